The molecule has 3 nitrogen and oxygen atoms in total. The third-order valence-electron chi connectivity index (χ3n) is 2.13. The Morgan fingerprint density at radius 2 is 1.72 bits per heavy atom. The number of furan rings is 1. The van der Waals surface area contributed by atoms with Crippen molar-refractivity contribution in [3.63, 3.8) is 0 Å². The van der Waals surface area contributed by atoms with Crippen molar-refractivity contribution in [1.29, 1.82) is 0 Å². The molecule has 2 aromatic rings. The van der Waals surface area contributed by atoms with Gasteiger partial charge in [-0.15, -0.1) is 13.2 Å². The number of hydrogen-bond acceptors (Lipinski definition) is 3. The van der Waals surface area contributed by atoms with Crippen LogP contribution in [0.3, 0.4) is 0 Å². The minimum absolute atomic E-state index is 0.255. The number of ether oxygens (including phenoxy) is 1. The average Bonchev–Trinajstić information content (AvgIpc) is 2.80. The summed E-state index contributed by atoms with van der Waals surface area (Å²) in [5.41, 5.74) is 0.588. The number of hydrogen-bond donors (Lipinski definition) is 0. The zero-order chi connectivity index (χ0) is 13.2. The second-order valence-electron chi connectivity index (χ2n) is 3.41. The SMILES string of the molecule is O=C(c1ccc(OC(F)(F)F)cc1)c1ccoc1. The minimum atomic E-state index is -4.74. The van der Waals surface area contributed by atoms with Gasteiger partial charge in [0.25, 0.3) is 0 Å². The van der Waals surface area contributed by atoms with Crippen LogP contribution in [0.5, 0.6) is 5.75 Å². The summed E-state index contributed by atoms with van der Waals surface area (Å²) >= 11 is 0. The fourth-order valence-corrected chi connectivity index (χ4v) is 1.37. The van der Waals surface area contributed by atoms with Crippen LogP contribution >= 0.6 is 0 Å². The van der Waals surface area contributed by atoms with Gasteiger partial charge in [-0.1, -0.05) is 0 Å². The first-order valence-corrected chi connectivity index (χ1v) is 4.88. The maximum absolute atomic E-state index is 11.9. The number of benzene rings is 1. The van der Waals surface area contributed by atoms with Crippen molar-refractivity contribution in [2.24, 2.45) is 0 Å². The fraction of sp³-hybridized carbons (Fsp3) is 0.0833. The molecule has 94 valence electrons. The number of carbonyl (C=O) groups is 1. The molecule has 0 amide bonds. The van der Waals surface area contributed by atoms with E-state index in [4.69, 9.17) is 4.42 Å². The molecule has 18 heavy (non-hydrogen) atoms. The second-order valence-corrected chi connectivity index (χ2v) is 3.41. The summed E-state index contributed by atoms with van der Waals surface area (Å²) in [6.07, 6.45) is -2.13. The van der Waals surface area contributed by atoms with E-state index in [-0.39, 0.29) is 17.1 Å². The minimum Gasteiger partial charge on any atom is -0.472 e. The molecule has 0 saturated heterocycles. The topological polar surface area (TPSA) is 39.4 Å². The standard InChI is InChI=1S/C12H7F3O3/c13-12(14,15)18-10-3-1-8(2-4-10)11(16)9-5-6-17-7-9/h1-7H. The van der Waals surface area contributed by atoms with Gasteiger partial charge in [-0.3, -0.25) is 4.79 Å². The lowest BCUT2D eigenvalue weighted by atomic mass is 10.1. The van der Waals surface area contributed by atoms with Crippen LogP contribution in [0.25, 0.3) is 0 Å². The molecule has 0 N–H and O–H groups in total. The Hall–Kier alpha value is -2.24. The molecule has 0 aliphatic carbocycles. The lowest BCUT2D eigenvalue weighted by Crippen LogP contribution is -2.17. The van der Waals surface area contributed by atoms with Gasteiger partial charge < -0.3 is 9.15 Å². The zero-order valence-electron chi connectivity index (χ0n) is 8.90. The van der Waals surface area contributed by atoms with Crippen LogP contribution in [0, 0.1) is 0 Å². The Kier molecular flexibility index (Phi) is 3.10. The van der Waals surface area contributed by atoms with Gasteiger partial charge in [0.1, 0.15) is 12.0 Å². The second kappa shape index (κ2) is 4.56. The highest BCUT2D eigenvalue weighted by Gasteiger charge is 2.31. The molecular formula is C12H7F3O3. The van der Waals surface area contributed by atoms with Crippen molar-refractivity contribution in [2.45, 2.75) is 6.36 Å². The van der Waals surface area contributed by atoms with Crippen molar-refractivity contribution < 1.29 is 27.1 Å². The predicted octanol–water partition coefficient (Wildman–Crippen LogP) is 3.41. The first-order valence-electron chi connectivity index (χ1n) is 4.88. The highest BCUT2D eigenvalue weighted by molar-refractivity contribution is 6.08. The van der Waals surface area contributed by atoms with Crippen LogP contribution in [-0.4, -0.2) is 12.1 Å². The van der Waals surface area contributed by atoms with E-state index in [9.17, 15) is 18.0 Å². The van der Waals surface area contributed by atoms with Gasteiger partial charge in [0.05, 0.1) is 11.8 Å². The maximum atomic E-state index is 11.9. The van der Waals surface area contributed by atoms with Gasteiger partial charge in [-0.2, -0.15) is 0 Å². The van der Waals surface area contributed by atoms with Crippen LogP contribution in [-0.2, 0) is 0 Å². The number of ketones is 1. The summed E-state index contributed by atoms with van der Waals surface area (Å²) in [5.74, 6) is -0.700. The molecule has 0 saturated carbocycles. The Morgan fingerprint density at radius 3 is 2.22 bits per heavy atom. The molecule has 1 heterocycles. The summed E-state index contributed by atoms with van der Waals surface area (Å²) in [6, 6.07) is 6.16. The van der Waals surface area contributed by atoms with E-state index in [1.165, 1.54) is 30.7 Å². The lowest BCUT2D eigenvalue weighted by molar-refractivity contribution is -0.274. The summed E-state index contributed by atoms with van der Waals surface area (Å²) in [6.45, 7) is 0. The van der Waals surface area contributed by atoms with Crippen molar-refractivity contribution in [3.8, 4) is 5.75 Å². The van der Waals surface area contributed by atoms with Gasteiger partial charge in [-0.05, 0) is 30.3 Å². The third-order valence-corrected chi connectivity index (χ3v) is 2.13. The third kappa shape index (κ3) is 2.91. The van der Waals surface area contributed by atoms with Gasteiger partial charge >= 0.3 is 6.36 Å². The summed E-state index contributed by atoms with van der Waals surface area (Å²) in [5, 5.41) is 0. The van der Waals surface area contributed by atoms with Crippen LogP contribution in [0.15, 0.2) is 47.3 Å². The molecule has 0 aliphatic heterocycles. The molecule has 0 fully saturated rings. The van der Waals surface area contributed by atoms with E-state index in [1.54, 1.807) is 0 Å². The van der Waals surface area contributed by atoms with E-state index in [2.05, 4.69) is 4.74 Å². The normalized spacial score (nSPS) is 11.3. The maximum Gasteiger partial charge on any atom is 0.573 e. The van der Waals surface area contributed by atoms with E-state index < -0.39 is 6.36 Å². The first kappa shape index (κ1) is 12.2. The number of alkyl halides is 3. The monoisotopic (exact) mass is 256 g/mol. The van der Waals surface area contributed by atoms with E-state index in [0.717, 1.165) is 12.1 Å². The molecular weight excluding hydrogens is 249 g/mol. The highest BCUT2D eigenvalue weighted by atomic mass is 19.4. The molecule has 1 aromatic carbocycles. The number of halogens is 3. The molecule has 0 spiro atoms. The Balaban J connectivity index is 2.15. The summed E-state index contributed by atoms with van der Waals surface area (Å²) in [4.78, 5) is 11.8. The van der Waals surface area contributed by atoms with Crippen LogP contribution in [0.1, 0.15) is 15.9 Å². The fourth-order valence-electron chi connectivity index (χ4n) is 1.37. The lowest BCUT2D eigenvalue weighted by Gasteiger charge is -2.08. The molecule has 0 radical (unpaired) electrons. The molecule has 1 aromatic heterocycles. The molecule has 0 bridgehead atoms. The Bertz CT molecular complexity index is 527. The average molecular weight is 256 g/mol. The van der Waals surface area contributed by atoms with Gasteiger partial charge in [0, 0.05) is 5.56 Å². The highest BCUT2D eigenvalue weighted by Crippen LogP contribution is 2.23. The van der Waals surface area contributed by atoms with Crippen LogP contribution < -0.4 is 4.74 Å². The Morgan fingerprint density at radius 1 is 1.06 bits per heavy atom. The van der Waals surface area contributed by atoms with Gasteiger partial charge in [0.2, 0.25) is 0 Å². The number of rotatable bonds is 3. The first-order chi connectivity index (χ1) is 8.46. The zero-order valence-corrected chi connectivity index (χ0v) is 8.90. The number of carbonyl (C=O) groups excluding carboxylic acids is 1. The largest absolute Gasteiger partial charge is 0.573 e. The van der Waals surface area contributed by atoms with Crippen molar-refractivity contribution >= 4 is 5.78 Å². The smallest absolute Gasteiger partial charge is 0.472 e. The molecule has 0 unspecified atom stereocenters. The van der Waals surface area contributed by atoms with Gasteiger partial charge in [-0.25, -0.2) is 0 Å². The molecule has 2 rings (SSSR count). The van der Waals surface area contributed by atoms with Crippen LogP contribution in [0.2, 0.25) is 0 Å². The van der Waals surface area contributed by atoms with E-state index >= 15 is 0 Å². The van der Waals surface area contributed by atoms with E-state index in [1.807, 2.05) is 0 Å². The molecule has 0 aliphatic rings. The van der Waals surface area contributed by atoms with Crippen molar-refractivity contribution in [2.75, 3.05) is 0 Å². The van der Waals surface area contributed by atoms with Gasteiger partial charge in [0.15, 0.2) is 5.78 Å². The quantitative estimate of drug-likeness (QED) is 0.790. The molecule has 0 atom stereocenters. The predicted molar refractivity (Wildman–Crippen MR) is 55.3 cm³/mol. The molecule has 6 heteroatoms. The van der Waals surface area contributed by atoms with Crippen LogP contribution in [0.4, 0.5) is 13.2 Å². The van der Waals surface area contributed by atoms with Crippen molar-refractivity contribution in [1.82, 2.24) is 0 Å². The summed E-state index contributed by atoms with van der Waals surface area (Å²) < 4.78 is 44.2. The van der Waals surface area contributed by atoms with Crippen molar-refractivity contribution in [3.05, 3.63) is 54.0 Å². The van der Waals surface area contributed by atoms with E-state index in [0.29, 0.717) is 5.56 Å². The summed E-state index contributed by atoms with van der Waals surface area (Å²) in [7, 11) is 0. The Labute approximate surface area is 99.8 Å².